The molecule has 0 spiro atoms. The molecule has 0 fully saturated rings. The molecule has 4 heteroatoms. The molecule has 3 nitrogen and oxygen atoms in total. The van der Waals surface area contributed by atoms with Gasteiger partial charge in [-0.2, -0.15) is 0 Å². The standard InChI is InChI=1S/C6H4N2OS/c9-5-2-7-1-4-6(5)10-3-8-4/h1-3,9H. The maximum Gasteiger partial charge on any atom is 0.153 e. The summed E-state index contributed by atoms with van der Waals surface area (Å²) in [6.45, 7) is 0. The molecule has 0 aliphatic rings. The van der Waals surface area contributed by atoms with Crippen LogP contribution in [0.4, 0.5) is 0 Å². The molecular formula is C6H4N2OS. The summed E-state index contributed by atoms with van der Waals surface area (Å²) >= 11 is 1.41. The predicted octanol–water partition coefficient (Wildman–Crippen LogP) is 1.40. The van der Waals surface area contributed by atoms with Gasteiger partial charge < -0.3 is 5.11 Å². The highest BCUT2D eigenvalue weighted by atomic mass is 32.1. The van der Waals surface area contributed by atoms with Crippen molar-refractivity contribution in [3.05, 3.63) is 17.9 Å². The lowest BCUT2D eigenvalue weighted by molar-refractivity contribution is 0.480. The highest BCUT2D eigenvalue weighted by Gasteiger charge is 1.99. The van der Waals surface area contributed by atoms with Crippen molar-refractivity contribution in [2.75, 3.05) is 0 Å². The Hall–Kier alpha value is -1.16. The lowest BCUT2D eigenvalue weighted by Crippen LogP contribution is -1.71. The van der Waals surface area contributed by atoms with E-state index in [-0.39, 0.29) is 5.75 Å². The number of pyridine rings is 1. The highest BCUT2D eigenvalue weighted by Crippen LogP contribution is 2.25. The average molecular weight is 152 g/mol. The van der Waals surface area contributed by atoms with Crippen LogP contribution in [0.25, 0.3) is 10.2 Å². The SMILES string of the molecule is Oc1cncc2ncsc12. The first-order valence-corrected chi connectivity index (χ1v) is 3.62. The third-order valence-corrected chi connectivity index (χ3v) is 2.09. The van der Waals surface area contributed by atoms with E-state index in [0.717, 1.165) is 10.2 Å². The molecule has 10 heavy (non-hydrogen) atoms. The van der Waals surface area contributed by atoms with Gasteiger partial charge in [-0.25, -0.2) is 4.98 Å². The summed E-state index contributed by atoms with van der Waals surface area (Å²) in [7, 11) is 0. The third kappa shape index (κ3) is 0.657. The molecule has 0 bridgehead atoms. The second-order valence-corrected chi connectivity index (χ2v) is 2.71. The number of aromatic nitrogens is 2. The predicted molar refractivity (Wildman–Crippen MR) is 39.1 cm³/mol. The molecule has 0 aromatic carbocycles. The maximum atomic E-state index is 9.17. The van der Waals surface area contributed by atoms with Gasteiger partial charge in [0, 0.05) is 0 Å². The Morgan fingerprint density at radius 3 is 3.10 bits per heavy atom. The molecule has 2 heterocycles. The van der Waals surface area contributed by atoms with Crippen molar-refractivity contribution < 1.29 is 5.11 Å². The quantitative estimate of drug-likeness (QED) is 0.620. The third-order valence-electron chi connectivity index (χ3n) is 1.22. The maximum absolute atomic E-state index is 9.17. The fraction of sp³-hybridized carbons (Fsp3) is 0. The molecule has 0 aliphatic heterocycles. The minimum Gasteiger partial charge on any atom is -0.505 e. The minimum atomic E-state index is 0.208. The number of thiazole rings is 1. The van der Waals surface area contributed by atoms with Gasteiger partial charge in [0.15, 0.2) is 5.75 Å². The number of rotatable bonds is 0. The van der Waals surface area contributed by atoms with Crippen molar-refractivity contribution in [1.82, 2.24) is 9.97 Å². The highest BCUT2D eigenvalue weighted by molar-refractivity contribution is 7.17. The monoisotopic (exact) mass is 152 g/mol. The van der Waals surface area contributed by atoms with E-state index >= 15 is 0 Å². The molecule has 0 saturated heterocycles. The van der Waals surface area contributed by atoms with Gasteiger partial charge in [0.05, 0.1) is 22.6 Å². The van der Waals surface area contributed by atoms with Crippen LogP contribution >= 0.6 is 11.3 Å². The Labute approximate surface area is 61.0 Å². The van der Waals surface area contributed by atoms with Crippen molar-refractivity contribution in [2.24, 2.45) is 0 Å². The number of aromatic hydroxyl groups is 1. The molecule has 0 unspecified atom stereocenters. The minimum absolute atomic E-state index is 0.208. The Balaban J connectivity index is 2.95. The summed E-state index contributed by atoms with van der Waals surface area (Å²) in [4.78, 5) is 7.75. The van der Waals surface area contributed by atoms with Gasteiger partial charge in [-0.05, 0) is 0 Å². The Bertz CT molecular complexity index is 357. The van der Waals surface area contributed by atoms with Crippen LogP contribution in [0, 0.1) is 0 Å². The summed E-state index contributed by atoms with van der Waals surface area (Å²) < 4.78 is 0.801. The average Bonchev–Trinajstić information content (AvgIpc) is 2.36. The van der Waals surface area contributed by atoms with Crippen LogP contribution in [-0.4, -0.2) is 15.1 Å². The van der Waals surface area contributed by atoms with E-state index in [1.54, 1.807) is 11.7 Å². The van der Waals surface area contributed by atoms with Gasteiger partial charge >= 0.3 is 0 Å². The van der Waals surface area contributed by atoms with E-state index in [0.29, 0.717) is 0 Å². The van der Waals surface area contributed by atoms with Crippen molar-refractivity contribution in [2.45, 2.75) is 0 Å². The summed E-state index contributed by atoms with van der Waals surface area (Å²) in [6.07, 6.45) is 3.05. The van der Waals surface area contributed by atoms with Crippen LogP contribution < -0.4 is 0 Å². The van der Waals surface area contributed by atoms with E-state index in [2.05, 4.69) is 9.97 Å². The van der Waals surface area contributed by atoms with E-state index in [9.17, 15) is 0 Å². The van der Waals surface area contributed by atoms with Gasteiger partial charge in [-0.15, -0.1) is 11.3 Å². The zero-order chi connectivity index (χ0) is 6.97. The van der Waals surface area contributed by atoms with E-state index < -0.39 is 0 Å². The zero-order valence-corrected chi connectivity index (χ0v) is 5.80. The molecule has 0 saturated carbocycles. The first-order chi connectivity index (χ1) is 4.88. The first kappa shape index (κ1) is 5.61. The Morgan fingerprint density at radius 2 is 2.30 bits per heavy atom. The van der Waals surface area contributed by atoms with Crippen LogP contribution in [-0.2, 0) is 0 Å². The topological polar surface area (TPSA) is 46.0 Å². The van der Waals surface area contributed by atoms with Crippen LogP contribution in [0.3, 0.4) is 0 Å². The lowest BCUT2D eigenvalue weighted by atomic mass is 10.4. The van der Waals surface area contributed by atoms with Crippen molar-refractivity contribution in [3.8, 4) is 5.75 Å². The second-order valence-electron chi connectivity index (χ2n) is 1.86. The fourth-order valence-corrected chi connectivity index (χ4v) is 1.45. The molecule has 1 N–H and O–H groups in total. The molecule has 2 rings (SSSR count). The smallest absolute Gasteiger partial charge is 0.153 e. The summed E-state index contributed by atoms with van der Waals surface area (Å²) in [5.41, 5.74) is 2.44. The molecule has 0 radical (unpaired) electrons. The number of hydrogen-bond donors (Lipinski definition) is 1. The lowest BCUT2D eigenvalue weighted by Gasteiger charge is -1.88. The van der Waals surface area contributed by atoms with E-state index in [4.69, 9.17) is 5.11 Å². The van der Waals surface area contributed by atoms with Gasteiger partial charge in [0.25, 0.3) is 0 Å². The number of hydrogen-bond acceptors (Lipinski definition) is 4. The molecule has 50 valence electrons. The summed E-state index contributed by atoms with van der Waals surface area (Å²) in [6, 6.07) is 0. The van der Waals surface area contributed by atoms with Crippen molar-refractivity contribution in [1.29, 1.82) is 0 Å². The second kappa shape index (κ2) is 1.91. The van der Waals surface area contributed by atoms with Gasteiger partial charge in [-0.1, -0.05) is 0 Å². The van der Waals surface area contributed by atoms with Crippen LogP contribution in [0.5, 0.6) is 5.75 Å². The van der Waals surface area contributed by atoms with Crippen molar-refractivity contribution in [3.63, 3.8) is 0 Å². The molecule has 0 amide bonds. The fourth-order valence-electron chi connectivity index (χ4n) is 0.775. The molecule has 2 aromatic heterocycles. The number of nitrogens with zero attached hydrogens (tertiary/aromatic N) is 2. The molecule has 2 aromatic rings. The van der Waals surface area contributed by atoms with Gasteiger partial charge in [-0.3, -0.25) is 4.98 Å². The van der Waals surface area contributed by atoms with Crippen LogP contribution in [0.2, 0.25) is 0 Å². The largest absolute Gasteiger partial charge is 0.505 e. The molecule has 0 aliphatic carbocycles. The van der Waals surface area contributed by atoms with Crippen LogP contribution in [0.1, 0.15) is 0 Å². The number of fused-ring (bicyclic) bond motifs is 1. The van der Waals surface area contributed by atoms with E-state index in [1.165, 1.54) is 17.5 Å². The first-order valence-electron chi connectivity index (χ1n) is 2.74. The van der Waals surface area contributed by atoms with Gasteiger partial charge in [0.2, 0.25) is 0 Å². The summed E-state index contributed by atoms with van der Waals surface area (Å²) in [5.74, 6) is 0.208. The van der Waals surface area contributed by atoms with Gasteiger partial charge in [0.1, 0.15) is 5.52 Å². The molecular weight excluding hydrogens is 148 g/mol. The summed E-state index contributed by atoms with van der Waals surface area (Å²) in [5, 5.41) is 9.17. The van der Waals surface area contributed by atoms with Crippen molar-refractivity contribution >= 4 is 21.6 Å². The van der Waals surface area contributed by atoms with E-state index in [1.807, 2.05) is 0 Å². The van der Waals surface area contributed by atoms with Crippen LogP contribution in [0.15, 0.2) is 17.9 Å². The zero-order valence-electron chi connectivity index (χ0n) is 4.98. The Morgan fingerprint density at radius 1 is 1.40 bits per heavy atom. The Kier molecular flexibility index (Phi) is 1.07. The normalized spacial score (nSPS) is 10.4. The molecule has 0 atom stereocenters.